The number of aromatic nitrogens is 2. The Balaban J connectivity index is 1.58. The molecular weight excluding hydrogens is 473 g/mol. The number of nitrogens with one attached hydrogen (secondary N) is 1. The predicted molar refractivity (Wildman–Crippen MR) is 130 cm³/mol. The predicted octanol–water partition coefficient (Wildman–Crippen LogP) is 7.27. The zero-order chi connectivity index (χ0) is 22.2. The molecule has 0 fully saturated rings. The Labute approximate surface area is 200 Å². The standard InChI is InChI=1S/C22H23Cl2N3O2S2/c1-3-4-5-10-29-19-17(23)11-16(12-18(19)24)20(28)25-21-26-27-22(31-21)30-13-15-8-6-14(2)7-9-15/h6-9,11-12H,3-5,10,13H2,1-2H3,(H,25,26,28). The maximum Gasteiger partial charge on any atom is 0.257 e. The molecule has 0 saturated carbocycles. The van der Waals surface area contributed by atoms with E-state index in [1.54, 1.807) is 23.9 Å². The molecule has 0 spiro atoms. The number of halogens is 2. The van der Waals surface area contributed by atoms with Gasteiger partial charge >= 0.3 is 0 Å². The first-order valence-electron chi connectivity index (χ1n) is 9.91. The number of amides is 1. The fourth-order valence-corrected chi connectivity index (χ4v) is 4.97. The topological polar surface area (TPSA) is 64.1 Å². The first kappa shape index (κ1) is 23.9. The van der Waals surface area contributed by atoms with Crippen LogP contribution < -0.4 is 10.1 Å². The first-order chi connectivity index (χ1) is 15.0. The Morgan fingerprint density at radius 1 is 1.13 bits per heavy atom. The second-order valence-electron chi connectivity index (χ2n) is 6.93. The van der Waals surface area contributed by atoms with Crippen LogP contribution in [0.25, 0.3) is 0 Å². The highest BCUT2D eigenvalue weighted by molar-refractivity contribution is 8.00. The summed E-state index contributed by atoms with van der Waals surface area (Å²) in [4.78, 5) is 12.6. The van der Waals surface area contributed by atoms with E-state index in [1.807, 2.05) is 0 Å². The van der Waals surface area contributed by atoms with Crippen molar-refractivity contribution in [2.45, 2.75) is 43.2 Å². The summed E-state index contributed by atoms with van der Waals surface area (Å²) in [7, 11) is 0. The van der Waals surface area contributed by atoms with E-state index in [2.05, 4.69) is 53.6 Å². The molecule has 0 atom stereocenters. The fourth-order valence-electron chi connectivity index (χ4n) is 2.67. The van der Waals surface area contributed by atoms with Crippen molar-refractivity contribution in [1.29, 1.82) is 0 Å². The van der Waals surface area contributed by atoms with Crippen LogP contribution in [0.2, 0.25) is 10.0 Å². The highest BCUT2D eigenvalue weighted by atomic mass is 35.5. The van der Waals surface area contributed by atoms with Crippen LogP contribution in [0.4, 0.5) is 5.13 Å². The summed E-state index contributed by atoms with van der Waals surface area (Å²) < 4.78 is 6.46. The van der Waals surface area contributed by atoms with Crippen LogP contribution in [-0.2, 0) is 5.75 Å². The maximum absolute atomic E-state index is 12.6. The number of anilines is 1. The largest absolute Gasteiger partial charge is 0.490 e. The minimum Gasteiger partial charge on any atom is -0.490 e. The smallest absolute Gasteiger partial charge is 0.257 e. The van der Waals surface area contributed by atoms with Gasteiger partial charge in [0.15, 0.2) is 10.1 Å². The van der Waals surface area contributed by atoms with Gasteiger partial charge in [0.25, 0.3) is 5.91 Å². The molecule has 164 valence electrons. The van der Waals surface area contributed by atoms with Crippen molar-refractivity contribution in [1.82, 2.24) is 10.2 Å². The summed E-state index contributed by atoms with van der Waals surface area (Å²) in [5.74, 6) is 0.836. The van der Waals surface area contributed by atoms with Gasteiger partial charge in [0.05, 0.1) is 16.7 Å². The van der Waals surface area contributed by atoms with E-state index >= 15 is 0 Å². The summed E-state index contributed by atoms with van der Waals surface area (Å²) in [6.45, 7) is 4.72. The van der Waals surface area contributed by atoms with E-state index in [9.17, 15) is 4.79 Å². The number of ether oxygens (including phenoxy) is 1. The third-order valence-corrected chi connectivity index (χ3v) is 6.97. The Kier molecular flexibility index (Phi) is 9.02. The monoisotopic (exact) mass is 495 g/mol. The van der Waals surface area contributed by atoms with E-state index in [-0.39, 0.29) is 5.91 Å². The summed E-state index contributed by atoms with van der Waals surface area (Å²) in [5, 5.41) is 12.0. The molecule has 9 heteroatoms. The molecule has 0 unspecified atom stereocenters. The van der Waals surface area contributed by atoms with Crippen molar-refractivity contribution in [3.63, 3.8) is 0 Å². The minimum absolute atomic E-state index is 0.306. The van der Waals surface area contributed by atoms with E-state index in [0.717, 1.165) is 29.4 Å². The molecule has 0 aliphatic carbocycles. The molecular formula is C22H23Cl2N3O2S2. The number of unbranched alkanes of at least 4 members (excludes halogenated alkanes) is 2. The van der Waals surface area contributed by atoms with Crippen LogP contribution in [0, 0.1) is 6.92 Å². The normalized spacial score (nSPS) is 10.8. The van der Waals surface area contributed by atoms with E-state index in [4.69, 9.17) is 27.9 Å². The van der Waals surface area contributed by atoms with Crippen LogP contribution in [0.1, 0.15) is 47.7 Å². The number of nitrogens with zero attached hydrogens (tertiary/aromatic N) is 2. The highest BCUT2D eigenvalue weighted by Crippen LogP contribution is 2.35. The molecule has 1 aromatic heterocycles. The van der Waals surface area contributed by atoms with E-state index in [1.165, 1.54) is 22.5 Å². The summed E-state index contributed by atoms with van der Waals surface area (Å²) >= 11 is 15.5. The molecule has 2 aromatic carbocycles. The van der Waals surface area contributed by atoms with Crippen molar-refractivity contribution >= 4 is 57.3 Å². The third kappa shape index (κ3) is 7.10. The zero-order valence-electron chi connectivity index (χ0n) is 17.3. The number of rotatable bonds is 10. The Morgan fingerprint density at radius 3 is 2.52 bits per heavy atom. The molecule has 0 bridgehead atoms. The molecule has 3 aromatic rings. The van der Waals surface area contributed by atoms with Gasteiger partial charge in [0.2, 0.25) is 5.13 Å². The first-order valence-corrected chi connectivity index (χ1v) is 12.5. The van der Waals surface area contributed by atoms with Crippen LogP contribution in [0.15, 0.2) is 40.7 Å². The summed E-state index contributed by atoms with van der Waals surface area (Å²) in [5.41, 5.74) is 2.77. The Morgan fingerprint density at radius 2 is 1.84 bits per heavy atom. The van der Waals surface area contributed by atoms with Gasteiger partial charge in [-0.25, -0.2) is 0 Å². The number of carbonyl (C=O) groups excluding carboxylic acids is 1. The molecule has 1 heterocycles. The lowest BCUT2D eigenvalue weighted by atomic mass is 10.2. The molecule has 5 nitrogen and oxygen atoms in total. The van der Waals surface area contributed by atoms with Gasteiger partial charge in [0, 0.05) is 11.3 Å². The lowest BCUT2D eigenvalue weighted by Gasteiger charge is -2.11. The lowest BCUT2D eigenvalue weighted by Crippen LogP contribution is -2.12. The van der Waals surface area contributed by atoms with Gasteiger partial charge in [-0.3, -0.25) is 10.1 Å². The molecule has 31 heavy (non-hydrogen) atoms. The van der Waals surface area contributed by atoms with Gasteiger partial charge in [-0.05, 0) is 31.0 Å². The van der Waals surface area contributed by atoms with Crippen molar-refractivity contribution in [3.05, 3.63) is 63.1 Å². The summed E-state index contributed by atoms with van der Waals surface area (Å²) in [6, 6.07) is 11.4. The van der Waals surface area contributed by atoms with Crippen molar-refractivity contribution in [2.75, 3.05) is 11.9 Å². The SMILES string of the molecule is CCCCCOc1c(Cl)cc(C(=O)Nc2nnc(SCc3ccc(C)cc3)s2)cc1Cl. The van der Waals surface area contributed by atoms with Gasteiger partial charge in [0.1, 0.15) is 0 Å². The molecule has 0 aliphatic heterocycles. The number of hydrogen-bond acceptors (Lipinski definition) is 6. The van der Waals surface area contributed by atoms with Gasteiger partial charge in [-0.1, -0.05) is 95.9 Å². The van der Waals surface area contributed by atoms with Crippen molar-refractivity contribution < 1.29 is 9.53 Å². The van der Waals surface area contributed by atoms with Crippen LogP contribution in [-0.4, -0.2) is 22.7 Å². The third-order valence-electron chi connectivity index (χ3n) is 4.36. The molecule has 0 aliphatic rings. The maximum atomic E-state index is 12.6. The second kappa shape index (κ2) is 11.7. The van der Waals surface area contributed by atoms with E-state index in [0.29, 0.717) is 33.1 Å². The summed E-state index contributed by atoms with van der Waals surface area (Å²) in [6.07, 6.45) is 3.09. The number of aryl methyl sites for hydroxylation is 1. The number of carbonyl (C=O) groups is 1. The van der Waals surface area contributed by atoms with Crippen molar-refractivity contribution in [2.24, 2.45) is 0 Å². The minimum atomic E-state index is -0.354. The molecule has 1 N–H and O–H groups in total. The molecule has 0 saturated heterocycles. The highest BCUT2D eigenvalue weighted by Gasteiger charge is 2.16. The Bertz CT molecular complexity index is 1000. The Hall–Kier alpha value is -1.80. The quantitative estimate of drug-likeness (QED) is 0.182. The molecule has 1 amide bonds. The van der Waals surface area contributed by atoms with Crippen LogP contribution in [0.5, 0.6) is 5.75 Å². The average Bonchev–Trinajstić information content (AvgIpc) is 3.19. The van der Waals surface area contributed by atoms with Crippen LogP contribution in [0.3, 0.4) is 0 Å². The van der Waals surface area contributed by atoms with Gasteiger partial charge in [-0.15, -0.1) is 10.2 Å². The molecule has 3 rings (SSSR count). The average molecular weight is 496 g/mol. The van der Waals surface area contributed by atoms with Gasteiger partial charge in [-0.2, -0.15) is 0 Å². The molecule has 0 radical (unpaired) electrons. The van der Waals surface area contributed by atoms with Crippen LogP contribution >= 0.6 is 46.3 Å². The van der Waals surface area contributed by atoms with Gasteiger partial charge < -0.3 is 4.74 Å². The number of benzene rings is 2. The zero-order valence-corrected chi connectivity index (χ0v) is 20.4. The number of thioether (sulfide) groups is 1. The van der Waals surface area contributed by atoms with Crippen molar-refractivity contribution in [3.8, 4) is 5.75 Å². The number of hydrogen-bond donors (Lipinski definition) is 1. The van der Waals surface area contributed by atoms with E-state index < -0.39 is 0 Å². The lowest BCUT2D eigenvalue weighted by molar-refractivity contribution is 0.102. The fraction of sp³-hybridized carbons (Fsp3) is 0.318. The second-order valence-corrected chi connectivity index (χ2v) is 9.94.